The number of rotatable bonds is 7. The quantitative estimate of drug-likeness (QED) is 0.762. The maximum Gasteiger partial charge on any atom is 0.228 e. The predicted molar refractivity (Wildman–Crippen MR) is 80.3 cm³/mol. The molecular formula is C15H31N3O. The predicted octanol–water partition coefficient (Wildman–Crippen LogP) is 1.57. The third kappa shape index (κ3) is 4.46. The fourth-order valence-electron chi connectivity index (χ4n) is 2.94. The van der Waals surface area contributed by atoms with Crippen molar-refractivity contribution < 1.29 is 4.79 Å². The van der Waals surface area contributed by atoms with E-state index in [9.17, 15) is 4.79 Å². The van der Waals surface area contributed by atoms with Crippen LogP contribution in [-0.4, -0.2) is 62.5 Å². The molecule has 19 heavy (non-hydrogen) atoms. The molecule has 112 valence electrons. The van der Waals surface area contributed by atoms with Crippen LogP contribution in [0.2, 0.25) is 0 Å². The number of carbonyl (C=O) groups excluding carboxylic acids is 1. The van der Waals surface area contributed by atoms with Crippen molar-refractivity contribution in [2.45, 2.75) is 39.5 Å². The minimum absolute atomic E-state index is 0.0978. The summed E-state index contributed by atoms with van der Waals surface area (Å²) in [6, 6.07) is 0. The van der Waals surface area contributed by atoms with E-state index in [4.69, 9.17) is 0 Å². The Hall–Kier alpha value is -0.610. The lowest BCUT2D eigenvalue weighted by atomic mass is 9.75. The van der Waals surface area contributed by atoms with Crippen molar-refractivity contribution in [1.82, 2.24) is 15.1 Å². The van der Waals surface area contributed by atoms with E-state index in [-0.39, 0.29) is 5.41 Å². The summed E-state index contributed by atoms with van der Waals surface area (Å²) in [5.74, 6) is 0.387. The fraction of sp³-hybridized carbons (Fsp3) is 0.933. The second-order valence-corrected chi connectivity index (χ2v) is 5.93. The van der Waals surface area contributed by atoms with Crippen LogP contribution >= 0.6 is 0 Å². The zero-order valence-corrected chi connectivity index (χ0v) is 13.2. The highest BCUT2D eigenvalue weighted by Crippen LogP contribution is 2.34. The van der Waals surface area contributed by atoms with E-state index in [1.807, 2.05) is 0 Å². The molecule has 1 fully saturated rings. The molecule has 0 atom stereocenters. The highest BCUT2D eigenvalue weighted by Gasteiger charge is 2.39. The Kier molecular flexibility index (Phi) is 6.80. The molecule has 1 heterocycles. The molecule has 0 saturated carbocycles. The molecule has 1 aliphatic rings. The molecule has 0 unspecified atom stereocenters. The van der Waals surface area contributed by atoms with Crippen LogP contribution in [0.3, 0.4) is 0 Å². The lowest BCUT2D eigenvalue weighted by molar-refractivity contribution is -0.144. The van der Waals surface area contributed by atoms with Crippen molar-refractivity contribution in [2.75, 3.05) is 46.8 Å². The minimum atomic E-state index is -0.0978. The van der Waals surface area contributed by atoms with Crippen LogP contribution in [0.1, 0.15) is 39.5 Å². The summed E-state index contributed by atoms with van der Waals surface area (Å²) in [5, 5.41) is 3.37. The third-order valence-electron chi connectivity index (χ3n) is 4.39. The Balaban J connectivity index is 2.59. The van der Waals surface area contributed by atoms with Gasteiger partial charge in [-0.25, -0.2) is 0 Å². The highest BCUT2D eigenvalue weighted by atomic mass is 16.2. The Morgan fingerprint density at radius 1 is 1.16 bits per heavy atom. The second-order valence-electron chi connectivity index (χ2n) is 5.93. The number of hydrogen-bond donors (Lipinski definition) is 1. The largest absolute Gasteiger partial charge is 0.342 e. The minimum Gasteiger partial charge on any atom is -0.342 e. The van der Waals surface area contributed by atoms with Crippen molar-refractivity contribution in [1.29, 1.82) is 0 Å². The van der Waals surface area contributed by atoms with Crippen LogP contribution < -0.4 is 5.32 Å². The summed E-state index contributed by atoms with van der Waals surface area (Å²) < 4.78 is 0. The van der Waals surface area contributed by atoms with Gasteiger partial charge in [0, 0.05) is 13.1 Å². The van der Waals surface area contributed by atoms with Crippen molar-refractivity contribution in [3.63, 3.8) is 0 Å². The van der Waals surface area contributed by atoms with Crippen LogP contribution in [0.4, 0.5) is 0 Å². The molecule has 1 rings (SSSR count). The molecule has 0 aliphatic carbocycles. The Labute approximate surface area is 118 Å². The molecule has 0 radical (unpaired) electrons. The molecule has 0 bridgehead atoms. The number of carbonyl (C=O) groups is 1. The first kappa shape index (κ1) is 16.4. The molecule has 0 aromatic heterocycles. The molecule has 0 spiro atoms. The molecule has 0 aromatic carbocycles. The van der Waals surface area contributed by atoms with E-state index >= 15 is 0 Å². The third-order valence-corrected chi connectivity index (χ3v) is 4.39. The maximum absolute atomic E-state index is 12.8. The zero-order valence-electron chi connectivity index (χ0n) is 13.2. The Morgan fingerprint density at radius 2 is 1.79 bits per heavy atom. The Bertz CT molecular complexity index is 273. The second kappa shape index (κ2) is 7.85. The van der Waals surface area contributed by atoms with Crippen molar-refractivity contribution in [2.24, 2.45) is 5.41 Å². The average Bonchev–Trinajstić information content (AvgIpc) is 2.43. The van der Waals surface area contributed by atoms with Crippen LogP contribution in [0.15, 0.2) is 0 Å². The molecule has 1 aliphatic heterocycles. The SMILES string of the molecule is CCN(CCCN(C)C)C(=O)C1(CC)CCNCC1. The standard InChI is InChI=1S/C15H31N3O/c1-5-15(8-10-16-11-9-15)14(19)18(6-2)13-7-12-17(3)4/h16H,5-13H2,1-4H3. The summed E-state index contributed by atoms with van der Waals surface area (Å²) >= 11 is 0. The van der Waals surface area contributed by atoms with Gasteiger partial charge in [-0.2, -0.15) is 0 Å². The van der Waals surface area contributed by atoms with Gasteiger partial charge in [0.1, 0.15) is 0 Å². The van der Waals surface area contributed by atoms with Gasteiger partial charge in [0.2, 0.25) is 5.91 Å². The molecule has 1 N–H and O–H groups in total. The fourth-order valence-corrected chi connectivity index (χ4v) is 2.94. The van der Waals surface area contributed by atoms with Gasteiger partial charge in [0.25, 0.3) is 0 Å². The van der Waals surface area contributed by atoms with Gasteiger partial charge in [0.15, 0.2) is 0 Å². The monoisotopic (exact) mass is 269 g/mol. The van der Waals surface area contributed by atoms with Gasteiger partial charge in [-0.15, -0.1) is 0 Å². The van der Waals surface area contributed by atoms with Crippen molar-refractivity contribution in [3.8, 4) is 0 Å². The summed E-state index contributed by atoms with van der Waals surface area (Å²) in [6.45, 7) is 8.99. The van der Waals surface area contributed by atoms with Crippen molar-refractivity contribution >= 4 is 5.91 Å². The van der Waals surface area contributed by atoms with Gasteiger partial charge >= 0.3 is 0 Å². The summed E-state index contributed by atoms with van der Waals surface area (Å²) in [6.07, 6.45) is 4.02. The first-order valence-electron chi connectivity index (χ1n) is 7.70. The molecular weight excluding hydrogens is 238 g/mol. The highest BCUT2D eigenvalue weighted by molar-refractivity contribution is 5.82. The topological polar surface area (TPSA) is 35.6 Å². The number of hydrogen-bond acceptors (Lipinski definition) is 3. The van der Waals surface area contributed by atoms with Gasteiger partial charge in [0.05, 0.1) is 5.41 Å². The van der Waals surface area contributed by atoms with Gasteiger partial charge in [-0.1, -0.05) is 6.92 Å². The number of nitrogens with one attached hydrogen (secondary N) is 1. The van der Waals surface area contributed by atoms with Crippen molar-refractivity contribution in [3.05, 3.63) is 0 Å². The maximum atomic E-state index is 12.8. The van der Waals surface area contributed by atoms with Gasteiger partial charge < -0.3 is 15.1 Å². The van der Waals surface area contributed by atoms with E-state index < -0.39 is 0 Å². The van der Waals surface area contributed by atoms with Crippen LogP contribution in [0, 0.1) is 5.41 Å². The molecule has 0 aromatic rings. The lowest BCUT2D eigenvalue weighted by Gasteiger charge is -2.39. The number of amides is 1. The van der Waals surface area contributed by atoms with E-state index in [0.717, 1.165) is 58.4 Å². The van der Waals surface area contributed by atoms with Gasteiger partial charge in [-0.05, 0) is 66.3 Å². The first-order chi connectivity index (χ1) is 9.05. The lowest BCUT2D eigenvalue weighted by Crippen LogP contribution is -2.49. The molecule has 4 nitrogen and oxygen atoms in total. The molecule has 4 heteroatoms. The van der Waals surface area contributed by atoms with Crippen LogP contribution in [0.5, 0.6) is 0 Å². The number of piperidine rings is 1. The smallest absolute Gasteiger partial charge is 0.228 e. The molecule has 1 amide bonds. The number of nitrogens with zero attached hydrogens (tertiary/aromatic N) is 2. The summed E-state index contributed by atoms with van der Waals surface area (Å²) in [4.78, 5) is 17.1. The zero-order chi connectivity index (χ0) is 14.3. The van der Waals surface area contributed by atoms with E-state index in [0.29, 0.717) is 5.91 Å². The van der Waals surface area contributed by atoms with Crippen LogP contribution in [-0.2, 0) is 4.79 Å². The Morgan fingerprint density at radius 3 is 2.26 bits per heavy atom. The van der Waals surface area contributed by atoms with E-state index in [1.54, 1.807) is 0 Å². The summed E-state index contributed by atoms with van der Waals surface area (Å²) in [7, 11) is 4.16. The van der Waals surface area contributed by atoms with Gasteiger partial charge in [-0.3, -0.25) is 4.79 Å². The van der Waals surface area contributed by atoms with E-state index in [2.05, 4.69) is 43.1 Å². The normalized spacial score (nSPS) is 18.6. The van der Waals surface area contributed by atoms with E-state index in [1.165, 1.54) is 0 Å². The summed E-state index contributed by atoms with van der Waals surface area (Å²) in [5.41, 5.74) is -0.0978. The first-order valence-corrected chi connectivity index (χ1v) is 7.70. The van der Waals surface area contributed by atoms with Crippen LogP contribution in [0.25, 0.3) is 0 Å². The molecule has 1 saturated heterocycles. The average molecular weight is 269 g/mol.